The summed E-state index contributed by atoms with van der Waals surface area (Å²) in [6.07, 6.45) is 0. The Morgan fingerprint density at radius 2 is 1.58 bits per heavy atom. The van der Waals surface area contributed by atoms with E-state index in [0.717, 1.165) is 5.56 Å². The van der Waals surface area contributed by atoms with Crippen molar-refractivity contribution in [3.63, 3.8) is 0 Å². The van der Waals surface area contributed by atoms with E-state index in [1.165, 1.54) is 12.1 Å². The van der Waals surface area contributed by atoms with Crippen molar-refractivity contribution >= 4 is 59.0 Å². The van der Waals surface area contributed by atoms with Crippen molar-refractivity contribution in [1.29, 1.82) is 0 Å². The maximum absolute atomic E-state index is 10.4. The third-order valence-electron chi connectivity index (χ3n) is 1.31. The van der Waals surface area contributed by atoms with Crippen LogP contribution < -0.4 is 0 Å². The van der Waals surface area contributed by atoms with Gasteiger partial charge in [-0.25, -0.2) is 8.42 Å². The zero-order valence-electron chi connectivity index (χ0n) is 6.65. The van der Waals surface area contributed by atoms with E-state index in [2.05, 4.69) is 0 Å². The van der Waals surface area contributed by atoms with Crippen LogP contribution in [0.25, 0.3) is 0 Å². The van der Waals surface area contributed by atoms with Crippen LogP contribution in [0.15, 0.2) is 29.2 Å². The van der Waals surface area contributed by atoms with Gasteiger partial charge in [0.15, 0.2) is 0 Å². The molecule has 0 amide bonds. The number of hydrogen-bond donors (Lipinski definition) is 0. The first-order chi connectivity index (χ1) is 5.00. The fraction of sp³-hybridized carbons (Fsp3) is 0.143. The molecule has 1 aromatic carbocycles. The van der Waals surface area contributed by atoms with Gasteiger partial charge < -0.3 is 4.55 Å². The molecule has 12 heavy (non-hydrogen) atoms. The van der Waals surface area contributed by atoms with Crippen molar-refractivity contribution in [2.75, 3.05) is 0 Å². The van der Waals surface area contributed by atoms with Crippen molar-refractivity contribution in [1.82, 2.24) is 0 Å². The summed E-state index contributed by atoms with van der Waals surface area (Å²) in [5.41, 5.74) is 0.928. The van der Waals surface area contributed by atoms with Crippen molar-refractivity contribution in [3.8, 4) is 0 Å². The van der Waals surface area contributed by atoms with Crippen molar-refractivity contribution in [3.05, 3.63) is 29.8 Å². The van der Waals surface area contributed by atoms with Gasteiger partial charge in [-0.1, -0.05) is 17.7 Å². The zero-order chi connectivity index (χ0) is 8.48. The Hall–Kier alpha value is 0.701. The predicted octanol–water partition coefficient (Wildman–Crippen LogP) is 0.518. The normalized spacial score (nSPS) is 10.5. The molecule has 0 aromatic heterocycles. The standard InChI is InChI=1S/C7H8O3S.Ba/c1-6-2-4-7(5-3-6)11(8,9)10;/h2-5H,1H3,(H,8,9,10);/q;+2/p-1. The van der Waals surface area contributed by atoms with Crippen LogP contribution in [0.3, 0.4) is 0 Å². The van der Waals surface area contributed by atoms with Crippen LogP contribution in [0, 0.1) is 6.92 Å². The molecule has 1 rings (SSSR count). The Labute approximate surface area is 112 Å². The summed E-state index contributed by atoms with van der Waals surface area (Å²) in [5.74, 6) is 0. The zero-order valence-corrected chi connectivity index (χ0v) is 11.9. The minimum Gasteiger partial charge on any atom is -0.744 e. The summed E-state index contributed by atoms with van der Waals surface area (Å²) in [5, 5.41) is 0. The van der Waals surface area contributed by atoms with Crippen molar-refractivity contribution in [2.45, 2.75) is 11.8 Å². The quantitative estimate of drug-likeness (QED) is 0.561. The molecule has 0 aliphatic rings. The fourth-order valence-corrected chi connectivity index (χ4v) is 1.17. The van der Waals surface area contributed by atoms with E-state index < -0.39 is 10.1 Å². The van der Waals surface area contributed by atoms with Crippen LogP contribution in [0.5, 0.6) is 0 Å². The molecular formula is C7H7BaO3S+. The predicted molar refractivity (Wildman–Crippen MR) is 44.9 cm³/mol. The summed E-state index contributed by atoms with van der Waals surface area (Å²) in [7, 11) is -4.27. The van der Waals surface area contributed by atoms with Gasteiger partial charge >= 0.3 is 48.9 Å². The van der Waals surface area contributed by atoms with Crippen molar-refractivity contribution < 1.29 is 13.0 Å². The second kappa shape index (κ2) is 4.80. The summed E-state index contributed by atoms with van der Waals surface area (Å²) in [6.45, 7) is 1.82. The van der Waals surface area contributed by atoms with E-state index in [9.17, 15) is 13.0 Å². The maximum Gasteiger partial charge on any atom is 2.00 e. The average molecular weight is 309 g/mol. The average Bonchev–Trinajstić information content (AvgIpc) is 1.86. The molecule has 0 radical (unpaired) electrons. The number of aryl methyl sites for hydroxylation is 1. The molecule has 0 aliphatic heterocycles. The molecule has 0 bridgehead atoms. The maximum atomic E-state index is 10.4. The summed E-state index contributed by atoms with van der Waals surface area (Å²) in [6, 6.07) is 5.78. The third-order valence-corrected chi connectivity index (χ3v) is 2.16. The number of rotatable bonds is 1. The van der Waals surface area contributed by atoms with E-state index in [0.29, 0.717) is 0 Å². The Kier molecular flexibility index (Phi) is 5.08. The van der Waals surface area contributed by atoms with Gasteiger partial charge in [0.05, 0.1) is 4.90 Å². The molecule has 5 heteroatoms. The Bertz CT molecular complexity index is 341. The van der Waals surface area contributed by atoms with Crippen LogP contribution in [-0.4, -0.2) is 61.9 Å². The van der Waals surface area contributed by atoms with Gasteiger partial charge in [0.1, 0.15) is 10.1 Å². The SMILES string of the molecule is Cc1ccc(S(=O)(=O)[O-])cc1.[Ba+2]. The molecule has 0 unspecified atom stereocenters. The number of benzene rings is 1. The van der Waals surface area contributed by atoms with Crippen LogP contribution in [-0.2, 0) is 10.1 Å². The van der Waals surface area contributed by atoms with Gasteiger partial charge in [-0.05, 0) is 19.1 Å². The van der Waals surface area contributed by atoms with Gasteiger partial charge in [0.25, 0.3) is 0 Å². The van der Waals surface area contributed by atoms with E-state index in [1.807, 2.05) is 6.92 Å². The Balaban J connectivity index is 0.00000121. The summed E-state index contributed by atoms with van der Waals surface area (Å²) < 4.78 is 31.2. The van der Waals surface area contributed by atoms with E-state index >= 15 is 0 Å². The molecule has 0 fully saturated rings. The molecule has 0 spiro atoms. The second-order valence-corrected chi connectivity index (χ2v) is 3.65. The topological polar surface area (TPSA) is 57.2 Å². The van der Waals surface area contributed by atoms with Gasteiger partial charge in [-0.3, -0.25) is 0 Å². The molecule has 3 nitrogen and oxygen atoms in total. The van der Waals surface area contributed by atoms with Gasteiger partial charge in [-0.2, -0.15) is 0 Å². The first-order valence-corrected chi connectivity index (χ1v) is 4.43. The molecule has 0 atom stereocenters. The van der Waals surface area contributed by atoms with Crippen LogP contribution in [0.2, 0.25) is 0 Å². The Morgan fingerprint density at radius 1 is 1.17 bits per heavy atom. The third kappa shape index (κ3) is 3.61. The first-order valence-electron chi connectivity index (χ1n) is 3.03. The number of hydrogen-bond acceptors (Lipinski definition) is 3. The molecule has 0 heterocycles. The smallest absolute Gasteiger partial charge is 0.744 e. The molecule has 0 saturated carbocycles. The van der Waals surface area contributed by atoms with E-state index in [1.54, 1.807) is 12.1 Å². The van der Waals surface area contributed by atoms with Gasteiger partial charge in [-0.15, -0.1) is 0 Å². The van der Waals surface area contributed by atoms with Crippen LogP contribution in [0.1, 0.15) is 5.56 Å². The molecule has 1 aromatic rings. The second-order valence-electron chi connectivity index (χ2n) is 2.27. The Morgan fingerprint density at radius 3 is 1.92 bits per heavy atom. The molecule has 60 valence electrons. The minimum atomic E-state index is -4.27. The minimum absolute atomic E-state index is 0. The fourth-order valence-electron chi connectivity index (χ4n) is 0.705. The van der Waals surface area contributed by atoms with Crippen LogP contribution >= 0.6 is 0 Å². The summed E-state index contributed by atoms with van der Waals surface area (Å²) in [4.78, 5) is -0.178. The van der Waals surface area contributed by atoms with Gasteiger partial charge in [0, 0.05) is 0 Å². The van der Waals surface area contributed by atoms with E-state index in [4.69, 9.17) is 0 Å². The molecular weight excluding hydrogens is 301 g/mol. The largest absolute Gasteiger partial charge is 2.00 e. The molecule has 0 saturated heterocycles. The van der Waals surface area contributed by atoms with E-state index in [-0.39, 0.29) is 53.8 Å². The van der Waals surface area contributed by atoms with Crippen LogP contribution in [0.4, 0.5) is 0 Å². The monoisotopic (exact) mass is 309 g/mol. The first kappa shape index (κ1) is 12.7. The summed E-state index contributed by atoms with van der Waals surface area (Å²) >= 11 is 0. The van der Waals surface area contributed by atoms with Crippen molar-refractivity contribution in [2.24, 2.45) is 0 Å². The molecule has 0 aliphatic carbocycles. The van der Waals surface area contributed by atoms with Gasteiger partial charge in [0.2, 0.25) is 0 Å². The molecule has 0 N–H and O–H groups in total.